The van der Waals surface area contributed by atoms with Crippen LogP contribution < -0.4 is 15.7 Å². The van der Waals surface area contributed by atoms with Crippen molar-refractivity contribution in [2.75, 3.05) is 0 Å². The van der Waals surface area contributed by atoms with Crippen LogP contribution in [0.2, 0.25) is 0 Å². The highest BCUT2D eigenvalue weighted by molar-refractivity contribution is 6.46. The third-order valence-electron chi connectivity index (χ3n) is 5.39. The first kappa shape index (κ1) is 18.2. The monoisotopic (exact) mass is 346 g/mol. The molecule has 1 aliphatic carbocycles. The Balaban J connectivity index is 1.51. The van der Waals surface area contributed by atoms with Crippen LogP contribution in [0.1, 0.15) is 49.7 Å². The molecule has 6 nitrogen and oxygen atoms in total. The summed E-state index contributed by atoms with van der Waals surface area (Å²) >= 11 is 0. The number of nitrogens with two attached hydrogens (primary N) is 1. The Morgan fingerprint density at radius 2 is 2.08 bits per heavy atom. The fraction of sp³-hybridized carbons (Fsp3) is 0.611. The number of nitrogens with one attached hydrogen (secondary N) is 1. The molecule has 0 spiro atoms. The first-order chi connectivity index (χ1) is 12.1. The Kier molecular flexibility index (Phi) is 5.99. The molecule has 1 heterocycles. The maximum atomic E-state index is 12.3. The first-order valence-electron chi connectivity index (χ1n) is 9.18. The zero-order valence-corrected chi connectivity index (χ0v) is 14.5. The van der Waals surface area contributed by atoms with Crippen molar-refractivity contribution in [2.45, 2.75) is 63.5 Å². The lowest BCUT2D eigenvalue weighted by molar-refractivity contribution is -0.121. The highest BCUT2D eigenvalue weighted by atomic mass is 16.5. The molecule has 0 bridgehead atoms. The van der Waals surface area contributed by atoms with Gasteiger partial charge in [-0.2, -0.15) is 0 Å². The largest absolute Gasteiger partial charge is 0.547 e. The van der Waals surface area contributed by atoms with Gasteiger partial charge in [0.2, 0.25) is 5.91 Å². The molecule has 2 aliphatic rings. The number of aliphatic hydroxyl groups is 1. The average molecular weight is 346 g/mol. The fourth-order valence-electron chi connectivity index (χ4n) is 3.83. The summed E-state index contributed by atoms with van der Waals surface area (Å²) < 4.78 is 5.54. The number of para-hydroxylation sites is 1. The van der Waals surface area contributed by atoms with Crippen molar-refractivity contribution < 1.29 is 19.6 Å². The Labute approximate surface area is 148 Å². The number of rotatable bonds is 5. The molecule has 0 saturated heterocycles. The molecule has 0 aromatic heterocycles. The summed E-state index contributed by atoms with van der Waals surface area (Å²) in [5, 5.41) is 22.5. The predicted molar refractivity (Wildman–Crippen MR) is 95.8 cm³/mol. The van der Waals surface area contributed by atoms with E-state index in [9.17, 15) is 14.9 Å². The van der Waals surface area contributed by atoms with E-state index in [0.29, 0.717) is 36.1 Å². The predicted octanol–water partition coefficient (Wildman–Crippen LogP) is 0.916. The number of aliphatic hydroxyl groups excluding tert-OH is 1. The van der Waals surface area contributed by atoms with Gasteiger partial charge in [-0.05, 0) is 50.0 Å². The molecule has 25 heavy (non-hydrogen) atoms. The Morgan fingerprint density at radius 3 is 2.80 bits per heavy atom. The van der Waals surface area contributed by atoms with Crippen molar-refractivity contribution in [2.24, 2.45) is 11.7 Å². The molecule has 1 fully saturated rings. The fourth-order valence-corrected chi connectivity index (χ4v) is 3.83. The van der Waals surface area contributed by atoms with Crippen LogP contribution >= 0.6 is 0 Å². The molecule has 1 atom stereocenters. The topological polar surface area (TPSA) is 105 Å². The van der Waals surface area contributed by atoms with Crippen LogP contribution in [0.4, 0.5) is 0 Å². The molecule has 1 amide bonds. The Morgan fingerprint density at radius 1 is 1.32 bits per heavy atom. The minimum atomic E-state index is -1.10. The molecule has 136 valence electrons. The molecule has 5 N–H and O–H groups in total. The number of amides is 1. The van der Waals surface area contributed by atoms with Crippen molar-refractivity contribution in [3.05, 3.63) is 29.3 Å². The van der Waals surface area contributed by atoms with Crippen LogP contribution in [0, 0.1) is 5.92 Å². The van der Waals surface area contributed by atoms with E-state index in [-0.39, 0.29) is 12.5 Å². The van der Waals surface area contributed by atoms with Crippen molar-refractivity contribution in [1.82, 2.24) is 5.32 Å². The van der Waals surface area contributed by atoms with Crippen LogP contribution in [-0.4, -0.2) is 35.1 Å². The zero-order chi connectivity index (χ0) is 17.8. The van der Waals surface area contributed by atoms with Crippen LogP contribution in [0.25, 0.3) is 0 Å². The lowest BCUT2D eigenvalue weighted by atomic mass is 9.72. The third-order valence-corrected chi connectivity index (χ3v) is 5.39. The SMILES string of the molecule is NC1CCC(CCC(=O)N[C@H]2Cc3cccc(CO)c3OB2O)CC1. The quantitative estimate of drug-likeness (QED) is 0.594. The van der Waals surface area contributed by atoms with Crippen molar-refractivity contribution >= 4 is 13.0 Å². The van der Waals surface area contributed by atoms with Crippen LogP contribution in [0.15, 0.2) is 18.2 Å². The maximum Gasteiger partial charge on any atom is 0.547 e. The second-order valence-electron chi connectivity index (χ2n) is 7.27. The van der Waals surface area contributed by atoms with Crippen molar-refractivity contribution in [3.63, 3.8) is 0 Å². The van der Waals surface area contributed by atoms with Gasteiger partial charge in [0.1, 0.15) is 5.75 Å². The Bertz CT molecular complexity index is 605. The molecule has 1 aliphatic heterocycles. The van der Waals surface area contributed by atoms with Gasteiger partial charge in [0.25, 0.3) is 0 Å². The number of carbonyl (C=O) groups is 1. The molecule has 1 saturated carbocycles. The van der Waals surface area contributed by atoms with E-state index in [4.69, 9.17) is 10.4 Å². The number of fused-ring (bicyclic) bond motifs is 1. The van der Waals surface area contributed by atoms with E-state index in [2.05, 4.69) is 5.32 Å². The molecular formula is C18H27BN2O4. The van der Waals surface area contributed by atoms with Gasteiger partial charge in [0.05, 0.1) is 12.5 Å². The van der Waals surface area contributed by atoms with Gasteiger partial charge in [0, 0.05) is 18.0 Å². The number of carbonyl (C=O) groups excluding carboxylic acids is 1. The van der Waals surface area contributed by atoms with E-state index in [1.54, 1.807) is 6.07 Å². The lowest BCUT2D eigenvalue weighted by Gasteiger charge is -2.30. The number of hydrogen-bond donors (Lipinski definition) is 4. The first-order valence-corrected chi connectivity index (χ1v) is 9.18. The summed E-state index contributed by atoms with van der Waals surface area (Å²) in [7, 11) is -1.10. The molecule has 1 aromatic carbocycles. The average Bonchev–Trinajstić information content (AvgIpc) is 2.61. The number of benzene rings is 1. The summed E-state index contributed by atoms with van der Waals surface area (Å²) in [6, 6.07) is 5.83. The van der Waals surface area contributed by atoms with Gasteiger partial charge in [-0.1, -0.05) is 18.2 Å². The molecule has 1 aromatic rings. The van der Waals surface area contributed by atoms with E-state index in [1.165, 1.54) is 0 Å². The van der Waals surface area contributed by atoms with E-state index >= 15 is 0 Å². The maximum absolute atomic E-state index is 12.3. The van der Waals surface area contributed by atoms with Crippen molar-refractivity contribution in [1.29, 1.82) is 0 Å². The van der Waals surface area contributed by atoms with Crippen LogP contribution in [-0.2, 0) is 17.8 Å². The summed E-state index contributed by atoms with van der Waals surface area (Å²) in [6.45, 7) is -0.141. The zero-order valence-electron chi connectivity index (χ0n) is 14.5. The lowest BCUT2D eigenvalue weighted by Crippen LogP contribution is -2.53. The molecular weight excluding hydrogens is 319 g/mol. The molecule has 7 heteroatoms. The second kappa shape index (κ2) is 8.21. The van der Waals surface area contributed by atoms with Gasteiger partial charge >= 0.3 is 7.12 Å². The summed E-state index contributed by atoms with van der Waals surface area (Å²) in [4.78, 5) is 12.3. The third kappa shape index (κ3) is 4.54. The van der Waals surface area contributed by atoms with Gasteiger partial charge in [-0.15, -0.1) is 0 Å². The summed E-state index contributed by atoms with van der Waals surface area (Å²) in [6.07, 6.45) is 6.12. The van der Waals surface area contributed by atoms with Crippen LogP contribution in [0.5, 0.6) is 5.75 Å². The van der Waals surface area contributed by atoms with Gasteiger partial charge in [-0.25, -0.2) is 0 Å². The minimum absolute atomic E-state index is 0.0516. The second-order valence-corrected chi connectivity index (χ2v) is 7.27. The van der Waals surface area contributed by atoms with E-state index in [0.717, 1.165) is 37.7 Å². The van der Waals surface area contributed by atoms with Gasteiger partial charge in [0.15, 0.2) is 0 Å². The van der Waals surface area contributed by atoms with E-state index < -0.39 is 13.1 Å². The summed E-state index contributed by atoms with van der Waals surface area (Å²) in [5.41, 5.74) is 7.46. The molecule has 0 radical (unpaired) electrons. The van der Waals surface area contributed by atoms with Crippen molar-refractivity contribution in [3.8, 4) is 5.75 Å². The number of hydrogen-bond acceptors (Lipinski definition) is 5. The van der Waals surface area contributed by atoms with Gasteiger partial charge in [-0.3, -0.25) is 4.79 Å². The van der Waals surface area contributed by atoms with Gasteiger partial charge < -0.3 is 25.8 Å². The Hall–Kier alpha value is -1.57. The minimum Gasteiger partial charge on any atom is -0.534 e. The smallest absolute Gasteiger partial charge is 0.534 e. The molecule has 0 unspecified atom stereocenters. The van der Waals surface area contributed by atoms with Crippen LogP contribution in [0.3, 0.4) is 0 Å². The molecule has 3 rings (SSSR count). The standard InChI is InChI=1S/C18H27BN2O4/c20-15-7-4-12(5-8-15)6-9-17(23)21-16-10-13-2-1-3-14(11-22)18(13)25-19(16)24/h1-3,12,15-16,22,24H,4-11,20H2,(H,21,23)/t12?,15?,16-/m0/s1. The summed E-state index contributed by atoms with van der Waals surface area (Å²) in [5.74, 6) is 0.588. The highest BCUT2D eigenvalue weighted by Crippen LogP contribution is 2.30. The van der Waals surface area contributed by atoms with E-state index in [1.807, 2.05) is 12.1 Å². The normalized spacial score (nSPS) is 25.9. The highest BCUT2D eigenvalue weighted by Gasteiger charge is 2.36.